The molecule has 0 bridgehead atoms. The lowest BCUT2D eigenvalue weighted by Crippen LogP contribution is -2.59. The van der Waals surface area contributed by atoms with Crippen molar-refractivity contribution in [1.82, 2.24) is 37.2 Å². The van der Waals surface area contributed by atoms with Gasteiger partial charge in [0, 0.05) is 25.7 Å². The van der Waals surface area contributed by atoms with Crippen LogP contribution in [0.15, 0.2) is 91.0 Å². The van der Waals surface area contributed by atoms with Crippen LogP contribution in [0.4, 0.5) is 4.79 Å². The predicted molar refractivity (Wildman–Crippen MR) is 275 cm³/mol. The van der Waals surface area contributed by atoms with Crippen LogP contribution in [0, 0.1) is 47.4 Å². The van der Waals surface area contributed by atoms with Gasteiger partial charge in [-0.25, -0.2) is 9.59 Å². The van der Waals surface area contributed by atoms with Crippen LogP contribution in [0.3, 0.4) is 0 Å². The normalized spacial score (nSPS) is 12.9. The number of hydrogen-bond acceptors (Lipinski definition) is 10. The monoisotopic (exact) mass is 995 g/mol. The van der Waals surface area contributed by atoms with Gasteiger partial charge in [-0.2, -0.15) is 0 Å². The molecule has 7 N–H and O–H groups in total. The minimum Gasteiger partial charge on any atom is -0.467 e. The van der Waals surface area contributed by atoms with Crippen LogP contribution >= 0.6 is 0 Å². The average molecular weight is 996 g/mol. The van der Waals surface area contributed by atoms with E-state index in [0.29, 0.717) is 16.7 Å². The molecule has 0 saturated carbocycles. The molecule has 0 fully saturated rings. The zero-order valence-electron chi connectivity index (χ0n) is 42.7. The van der Waals surface area contributed by atoms with Crippen molar-refractivity contribution >= 4 is 47.5 Å². The smallest absolute Gasteiger partial charge is 0.408 e. The summed E-state index contributed by atoms with van der Waals surface area (Å²) in [6, 6.07) is 19.3. The number of amides is 7. The van der Waals surface area contributed by atoms with Gasteiger partial charge < -0.3 is 46.7 Å². The van der Waals surface area contributed by atoms with Crippen LogP contribution in [0.25, 0.3) is 0 Å². The molecule has 0 spiro atoms. The second-order valence-corrected chi connectivity index (χ2v) is 17.3. The van der Waals surface area contributed by atoms with E-state index < -0.39 is 101 Å². The third kappa shape index (κ3) is 18.6. The summed E-state index contributed by atoms with van der Waals surface area (Å²) in [5, 5.41) is 18.5. The van der Waals surface area contributed by atoms with Gasteiger partial charge in [0.05, 0.1) is 13.5 Å². The standard InChI is InChI=1S/C56H65N7O10/c1-10-14-33-42(58-48(65)38(5)57-49(66)44(35-16-12-3)62-54(71)73-55(6,7)8)50(67)59-43(34-15-11-2)51(68)61-46(52(69)60-45(36-17-13-4)53(70)72-9)37-47(64)63-56(39-27-21-18-22-28-39,40-29-23-19-24-30-40)41-31-25-20-26-32-41/h18-32,38,42-46H,33-37H2,1-9H3,(H,57,66)(H,58,65)(H,59,67)(H,60,69)(H,61,68)(H,62,71)(H,63,64)/t38-,42-,43-,44-,45-,46-/m0/s1. The Morgan fingerprint density at radius 3 is 1.22 bits per heavy atom. The van der Waals surface area contributed by atoms with Gasteiger partial charge in [-0.15, -0.1) is 47.4 Å². The molecule has 0 aliphatic heterocycles. The van der Waals surface area contributed by atoms with Crippen LogP contribution in [-0.2, 0) is 48.6 Å². The number of methoxy groups -OCH3 is 1. The first-order valence-electron chi connectivity index (χ1n) is 23.5. The third-order valence-electron chi connectivity index (χ3n) is 10.7. The lowest BCUT2D eigenvalue weighted by molar-refractivity contribution is -0.145. The summed E-state index contributed by atoms with van der Waals surface area (Å²) in [5.41, 5.74) is -0.120. The number of carbonyl (C=O) groups is 8. The number of alkyl carbamates (subject to hydrolysis) is 1. The first-order chi connectivity index (χ1) is 34.8. The fraction of sp³-hybridized carbons (Fsp3) is 0.393. The summed E-state index contributed by atoms with van der Waals surface area (Å²) in [4.78, 5) is 110. The number of benzene rings is 3. The molecule has 3 aromatic rings. The largest absolute Gasteiger partial charge is 0.467 e. The van der Waals surface area contributed by atoms with Gasteiger partial charge in [-0.1, -0.05) is 91.0 Å². The highest BCUT2D eigenvalue weighted by molar-refractivity contribution is 5.98. The van der Waals surface area contributed by atoms with Crippen LogP contribution in [0.2, 0.25) is 0 Å². The SMILES string of the molecule is CC#CC[C@H](NC(=O)OC(C)(C)C)C(=O)N[C@@H](C)C(=O)N[C@@H](CC#CC)C(=O)N[C@@H](CC#CC)C(=O)N[C@@H](CC(=O)NC(c1ccccc1)(c1ccccc1)c1ccccc1)C(=O)N[C@@H](CC#CC)C(=O)OC. The highest BCUT2D eigenvalue weighted by Gasteiger charge is 2.40. The first kappa shape index (κ1) is 58.8. The molecule has 384 valence electrons. The fourth-order valence-corrected chi connectivity index (χ4v) is 7.16. The van der Waals surface area contributed by atoms with Crippen molar-refractivity contribution < 1.29 is 47.8 Å². The molecule has 3 aromatic carbocycles. The molecule has 6 atom stereocenters. The molecular weight excluding hydrogens is 931 g/mol. The van der Waals surface area contributed by atoms with Crippen molar-refractivity contribution in [3.8, 4) is 47.4 Å². The second-order valence-electron chi connectivity index (χ2n) is 17.3. The van der Waals surface area contributed by atoms with Crippen LogP contribution in [0.1, 0.15) is 104 Å². The molecule has 0 aromatic heterocycles. The summed E-state index contributed by atoms with van der Waals surface area (Å²) in [6.07, 6.45) is -2.32. The quantitative estimate of drug-likeness (QED) is 0.0438. The van der Waals surface area contributed by atoms with Gasteiger partial charge in [0.25, 0.3) is 0 Å². The molecule has 17 nitrogen and oxygen atoms in total. The maximum atomic E-state index is 14.7. The van der Waals surface area contributed by atoms with E-state index in [4.69, 9.17) is 9.47 Å². The Kier molecular flexibility index (Phi) is 23.8. The van der Waals surface area contributed by atoms with Crippen molar-refractivity contribution in [2.45, 2.75) is 135 Å². The molecule has 7 amide bonds. The van der Waals surface area contributed by atoms with Crippen LogP contribution in [0.5, 0.6) is 0 Å². The fourth-order valence-electron chi connectivity index (χ4n) is 7.16. The van der Waals surface area contributed by atoms with Crippen molar-refractivity contribution in [3.63, 3.8) is 0 Å². The number of hydrogen-bond donors (Lipinski definition) is 7. The van der Waals surface area contributed by atoms with Gasteiger partial charge in [-0.05, 0) is 72.1 Å². The van der Waals surface area contributed by atoms with Crippen molar-refractivity contribution in [3.05, 3.63) is 108 Å². The molecule has 0 heterocycles. The van der Waals surface area contributed by atoms with E-state index >= 15 is 0 Å². The number of rotatable bonds is 22. The van der Waals surface area contributed by atoms with Crippen molar-refractivity contribution in [1.29, 1.82) is 0 Å². The zero-order chi connectivity index (χ0) is 54.0. The summed E-state index contributed by atoms with van der Waals surface area (Å²) < 4.78 is 10.2. The Labute approximate surface area is 428 Å². The summed E-state index contributed by atoms with van der Waals surface area (Å²) in [6.45, 7) is 12.5. The van der Waals surface area contributed by atoms with E-state index in [1.54, 1.807) is 34.6 Å². The number of nitrogens with one attached hydrogen (secondary N) is 7. The van der Waals surface area contributed by atoms with Crippen LogP contribution in [-0.4, -0.2) is 96.5 Å². The van der Waals surface area contributed by atoms with E-state index in [1.807, 2.05) is 91.0 Å². The minimum atomic E-state index is -1.67. The first-order valence-corrected chi connectivity index (χ1v) is 23.5. The molecule has 17 heteroatoms. The maximum absolute atomic E-state index is 14.7. The molecule has 0 unspecified atom stereocenters. The van der Waals surface area contributed by atoms with E-state index in [9.17, 15) is 38.4 Å². The molecular formula is C56H65N7O10. The van der Waals surface area contributed by atoms with Gasteiger partial charge in [0.1, 0.15) is 47.4 Å². The average Bonchev–Trinajstić information content (AvgIpc) is 3.37. The number of esters is 1. The number of ether oxygens (including phenoxy) is 2. The van der Waals surface area contributed by atoms with Gasteiger partial charge in [0.15, 0.2) is 0 Å². The molecule has 0 saturated heterocycles. The Morgan fingerprint density at radius 2 is 0.822 bits per heavy atom. The summed E-state index contributed by atoms with van der Waals surface area (Å²) >= 11 is 0. The molecule has 0 aliphatic rings. The molecule has 0 aliphatic carbocycles. The lowest BCUT2D eigenvalue weighted by Gasteiger charge is -2.37. The van der Waals surface area contributed by atoms with E-state index in [1.165, 1.54) is 20.8 Å². The molecule has 0 radical (unpaired) electrons. The third-order valence-corrected chi connectivity index (χ3v) is 10.7. The maximum Gasteiger partial charge on any atom is 0.408 e. The summed E-state index contributed by atoms with van der Waals surface area (Å²) in [5.74, 6) is 15.8. The topological polar surface area (TPSA) is 239 Å². The van der Waals surface area contributed by atoms with Crippen molar-refractivity contribution in [2.75, 3.05) is 7.11 Å². The highest BCUT2D eigenvalue weighted by Crippen LogP contribution is 2.37. The van der Waals surface area contributed by atoms with E-state index in [-0.39, 0.29) is 25.7 Å². The lowest BCUT2D eigenvalue weighted by atomic mass is 9.77. The Balaban J connectivity index is 1.99. The predicted octanol–water partition coefficient (Wildman–Crippen LogP) is 3.65. The Bertz CT molecular complexity index is 2560. The molecule has 3 rings (SSSR count). The highest BCUT2D eigenvalue weighted by atomic mass is 16.6. The van der Waals surface area contributed by atoms with Crippen molar-refractivity contribution in [2.24, 2.45) is 0 Å². The number of carbonyl (C=O) groups excluding carboxylic acids is 8. The second kappa shape index (κ2) is 29.6. The van der Waals surface area contributed by atoms with E-state index in [2.05, 4.69) is 84.6 Å². The minimum absolute atomic E-state index is 0.0976. The van der Waals surface area contributed by atoms with Gasteiger partial charge >= 0.3 is 12.1 Å². The van der Waals surface area contributed by atoms with E-state index in [0.717, 1.165) is 7.11 Å². The molecule has 73 heavy (non-hydrogen) atoms. The summed E-state index contributed by atoms with van der Waals surface area (Å²) in [7, 11) is 1.14. The Hall–Kier alpha value is -8.54. The van der Waals surface area contributed by atoms with Crippen LogP contribution < -0.4 is 37.2 Å². The van der Waals surface area contributed by atoms with Gasteiger partial charge in [-0.3, -0.25) is 28.8 Å². The zero-order valence-corrected chi connectivity index (χ0v) is 42.7. The van der Waals surface area contributed by atoms with Gasteiger partial charge in [0.2, 0.25) is 35.4 Å². The Morgan fingerprint density at radius 1 is 0.479 bits per heavy atom.